The number of carbonyl (C=O) groups is 1. The van der Waals surface area contributed by atoms with Gasteiger partial charge >= 0.3 is 5.97 Å². The van der Waals surface area contributed by atoms with Crippen molar-refractivity contribution >= 4 is 17.4 Å². The number of nitro groups is 1. The van der Waals surface area contributed by atoms with Crippen molar-refractivity contribution < 1.29 is 14.6 Å². The molecule has 0 amide bonds. The largest absolute Gasteiger partial charge is 0.365 e. The summed E-state index contributed by atoms with van der Waals surface area (Å²) in [6, 6.07) is 22.9. The summed E-state index contributed by atoms with van der Waals surface area (Å²) in [4.78, 5) is 28.2. The quantitative estimate of drug-likeness (QED) is 0.223. The van der Waals surface area contributed by atoms with Gasteiger partial charge in [-0.1, -0.05) is 80.5 Å². The van der Waals surface area contributed by atoms with Crippen molar-refractivity contribution in [1.82, 2.24) is 0 Å². The number of non-ortho nitro benzene ring substituents is 1. The van der Waals surface area contributed by atoms with Crippen LogP contribution in [0.1, 0.15) is 47.8 Å². The fourth-order valence-corrected chi connectivity index (χ4v) is 3.00. The van der Waals surface area contributed by atoms with Gasteiger partial charge in [0.2, 0.25) is 0 Å². The molecule has 3 aromatic carbocycles. The summed E-state index contributed by atoms with van der Waals surface area (Å²) in [5, 5.41) is 15.0. The third kappa shape index (κ3) is 5.85. The Morgan fingerprint density at radius 1 is 0.903 bits per heavy atom. The van der Waals surface area contributed by atoms with E-state index in [0.717, 1.165) is 16.7 Å². The van der Waals surface area contributed by atoms with Gasteiger partial charge in [0, 0.05) is 18.6 Å². The number of benzene rings is 3. The number of hydrogen-bond donors (Lipinski definition) is 0. The SMILES string of the molecule is CC(C)(C)c1ccc(C(=O)O/N=C(\Cc2ccc([N+](=O)[O-])cc2)c2ccccc2)cc1. The van der Waals surface area contributed by atoms with Gasteiger partial charge in [0.05, 0.1) is 16.2 Å². The predicted octanol–water partition coefficient (Wildman–Crippen LogP) is 5.70. The molecule has 0 unspecified atom stereocenters. The van der Waals surface area contributed by atoms with Crippen molar-refractivity contribution in [3.63, 3.8) is 0 Å². The molecule has 0 bridgehead atoms. The maximum absolute atomic E-state index is 12.5. The van der Waals surface area contributed by atoms with Crippen LogP contribution < -0.4 is 0 Å². The molecule has 3 aromatic rings. The Morgan fingerprint density at radius 3 is 2.06 bits per heavy atom. The highest BCUT2D eigenvalue weighted by atomic mass is 16.7. The minimum Gasteiger partial charge on any atom is -0.313 e. The van der Waals surface area contributed by atoms with Crippen LogP contribution >= 0.6 is 0 Å². The Morgan fingerprint density at radius 2 is 1.52 bits per heavy atom. The van der Waals surface area contributed by atoms with Crippen molar-refractivity contribution in [2.75, 3.05) is 0 Å². The molecule has 6 nitrogen and oxygen atoms in total. The zero-order valence-electron chi connectivity index (χ0n) is 17.7. The fourth-order valence-electron chi connectivity index (χ4n) is 3.00. The molecule has 6 heteroatoms. The van der Waals surface area contributed by atoms with Gasteiger partial charge in [-0.2, -0.15) is 0 Å². The van der Waals surface area contributed by atoms with Crippen LogP contribution in [0.2, 0.25) is 0 Å². The van der Waals surface area contributed by atoms with E-state index in [4.69, 9.17) is 4.84 Å². The van der Waals surface area contributed by atoms with Crippen LogP contribution in [0.4, 0.5) is 5.69 Å². The predicted molar refractivity (Wildman–Crippen MR) is 120 cm³/mol. The van der Waals surface area contributed by atoms with Gasteiger partial charge in [0.25, 0.3) is 5.69 Å². The van der Waals surface area contributed by atoms with E-state index in [1.165, 1.54) is 12.1 Å². The van der Waals surface area contributed by atoms with Crippen LogP contribution in [-0.2, 0) is 16.7 Å². The number of carbonyl (C=O) groups excluding carboxylic acids is 1. The first kappa shape index (κ1) is 21.9. The van der Waals surface area contributed by atoms with E-state index < -0.39 is 10.9 Å². The van der Waals surface area contributed by atoms with Crippen molar-refractivity contribution in [2.45, 2.75) is 32.6 Å². The zero-order chi connectivity index (χ0) is 22.4. The standard InChI is InChI=1S/C25H24N2O4/c1-25(2,3)21-13-11-20(12-14-21)24(28)31-26-23(19-7-5-4-6-8-19)17-18-9-15-22(16-10-18)27(29)30/h4-16H,17H2,1-3H3/b26-23+. The maximum Gasteiger partial charge on any atom is 0.365 e. The van der Waals surface area contributed by atoms with Gasteiger partial charge in [0.15, 0.2) is 0 Å². The van der Waals surface area contributed by atoms with E-state index >= 15 is 0 Å². The lowest BCUT2D eigenvalue weighted by Gasteiger charge is -2.18. The second-order valence-electron chi connectivity index (χ2n) is 8.21. The number of hydrogen-bond acceptors (Lipinski definition) is 5. The van der Waals surface area contributed by atoms with E-state index in [0.29, 0.717) is 17.7 Å². The molecular formula is C25H24N2O4. The van der Waals surface area contributed by atoms with Crippen LogP contribution in [0.5, 0.6) is 0 Å². The Kier molecular flexibility index (Phi) is 6.60. The van der Waals surface area contributed by atoms with Gasteiger partial charge in [-0.3, -0.25) is 10.1 Å². The minimum atomic E-state index is -0.544. The summed E-state index contributed by atoms with van der Waals surface area (Å²) in [6.45, 7) is 6.32. The molecule has 3 rings (SSSR count). The molecule has 0 saturated carbocycles. The lowest BCUT2D eigenvalue weighted by Crippen LogP contribution is -2.12. The second kappa shape index (κ2) is 9.34. The topological polar surface area (TPSA) is 81.8 Å². The zero-order valence-corrected chi connectivity index (χ0v) is 17.7. The molecule has 0 saturated heterocycles. The van der Waals surface area contributed by atoms with Crippen LogP contribution in [0.25, 0.3) is 0 Å². The second-order valence-corrected chi connectivity index (χ2v) is 8.21. The van der Waals surface area contributed by atoms with Crippen LogP contribution in [0.3, 0.4) is 0 Å². The molecule has 0 radical (unpaired) electrons. The fraction of sp³-hybridized carbons (Fsp3) is 0.200. The molecule has 0 fully saturated rings. The average Bonchev–Trinajstić information content (AvgIpc) is 2.76. The molecule has 0 heterocycles. The summed E-state index contributed by atoms with van der Waals surface area (Å²) >= 11 is 0. The number of rotatable bonds is 6. The Balaban J connectivity index is 1.80. The number of nitro benzene ring substituents is 1. The highest BCUT2D eigenvalue weighted by Gasteiger charge is 2.15. The van der Waals surface area contributed by atoms with E-state index in [1.54, 1.807) is 24.3 Å². The maximum atomic E-state index is 12.5. The Hall–Kier alpha value is -3.80. The normalized spacial score (nSPS) is 11.8. The molecule has 0 atom stereocenters. The van der Waals surface area contributed by atoms with E-state index in [9.17, 15) is 14.9 Å². The minimum absolute atomic E-state index is 0.00811. The Bertz CT molecular complexity index is 1080. The summed E-state index contributed by atoms with van der Waals surface area (Å²) < 4.78 is 0. The lowest BCUT2D eigenvalue weighted by molar-refractivity contribution is -0.384. The van der Waals surface area contributed by atoms with Crippen LogP contribution in [0, 0.1) is 10.1 Å². The molecule has 0 aromatic heterocycles. The summed E-state index contributed by atoms with van der Waals surface area (Å²) in [5.41, 5.74) is 3.72. The molecular weight excluding hydrogens is 392 g/mol. The third-order valence-corrected chi connectivity index (χ3v) is 4.85. The smallest absolute Gasteiger partial charge is 0.313 e. The summed E-state index contributed by atoms with van der Waals surface area (Å²) in [7, 11) is 0. The van der Waals surface area contributed by atoms with Gasteiger partial charge < -0.3 is 4.84 Å². The van der Waals surface area contributed by atoms with Gasteiger partial charge in [-0.25, -0.2) is 4.79 Å². The summed E-state index contributed by atoms with van der Waals surface area (Å²) in [5.74, 6) is -0.544. The third-order valence-electron chi connectivity index (χ3n) is 4.85. The number of oxime groups is 1. The van der Waals surface area contributed by atoms with Crippen LogP contribution in [0.15, 0.2) is 84.0 Å². The lowest BCUT2D eigenvalue weighted by atomic mass is 9.87. The molecule has 0 spiro atoms. The van der Waals surface area contributed by atoms with Crippen LogP contribution in [-0.4, -0.2) is 16.6 Å². The molecule has 0 N–H and O–H groups in total. The molecule has 0 aliphatic rings. The van der Waals surface area contributed by atoms with E-state index in [-0.39, 0.29) is 11.1 Å². The first-order valence-corrected chi connectivity index (χ1v) is 9.91. The van der Waals surface area contributed by atoms with Gasteiger partial charge in [-0.15, -0.1) is 0 Å². The molecule has 158 valence electrons. The van der Waals surface area contributed by atoms with Crippen molar-refractivity contribution in [3.05, 3.63) is 111 Å². The molecule has 0 aliphatic heterocycles. The van der Waals surface area contributed by atoms with E-state index in [2.05, 4.69) is 25.9 Å². The Labute approximate surface area is 181 Å². The molecule has 0 aliphatic carbocycles. The van der Waals surface area contributed by atoms with E-state index in [1.807, 2.05) is 42.5 Å². The highest BCUT2D eigenvalue weighted by molar-refractivity contribution is 6.02. The van der Waals surface area contributed by atoms with Crippen molar-refractivity contribution in [3.8, 4) is 0 Å². The highest BCUT2D eigenvalue weighted by Crippen LogP contribution is 2.22. The summed E-state index contributed by atoms with van der Waals surface area (Å²) in [6.07, 6.45) is 0.359. The van der Waals surface area contributed by atoms with Gasteiger partial charge in [-0.05, 0) is 34.2 Å². The van der Waals surface area contributed by atoms with Crippen molar-refractivity contribution in [2.24, 2.45) is 5.16 Å². The van der Waals surface area contributed by atoms with Crippen molar-refractivity contribution in [1.29, 1.82) is 0 Å². The van der Waals surface area contributed by atoms with Gasteiger partial charge in [0.1, 0.15) is 0 Å². The first-order valence-electron chi connectivity index (χ1n) is 9.91. The first-order chi connectivity index (χ1) is 14.7. The monoisotopic (exact) mass is 416 g/mol. The average molecular weight is 416 g/mol. The molecule has 31 heavy (non-hydrogen) atoms. The number of nitrogens with zero attached hydrogens (tertiary/aromatic N) is 2.